The van der Waals surface area contributed by atoms with Crippen molar-refractivity contribution in [3.8, 4) is 5.69 Å². The third kappa shape index (κ3) is 4.11. The van der Waals surface area contributed by atoms with Gasteiger partial charge in [-0.1, -0.05) is 23.4 Å². The van der Waals surface area contributed by atoms with Gasteiger partial charge in [-0.3, -0.25) is 4.79 Å². The number of nitrogens with zero attached hydrogens (tertiary/aromatic N) is 5. The third-order valence-corrected chi connectivity index (χ3v) is 4.53. The molecule has 1 amide bonds. The lowest BCUT2D eigenvalue weighted by atomic mass is 10.2. The summed E-state index contributed by atoms with van der Waals surface area (Å²) in [6.07, 6.45) is 4.34. The Bertz CT molecular complexity index is 1260. The Balaban J connectivity index is 1.64. The molecule has 2 aromatic heterocycles. The van der Waals surface area contributed by atoms with Gasteiger partial charge in [0.05, 0.1) is 29.0 Å². The van der Waals surface area contributed by atoms with Crippen LogP contribution < -0.4 is 10.6 Å². The molecule has 0 aliphatic heterocycles. The molecular formula is C20H15ClFN7O. The van der Waals surface area contributed by atoms with E-state index in [0.29, 0.717) is 22.7 Å². The van der Waals surface area contributed by atoms with Gasteiger partial charge in [-0.05, 0) is 42.5 Å². The molecule has 10 heteroatoms. The van der Waals surface area contributed by atoms with Crippen molar-refractivity contribution in [3.63, 3.8) is 0 Å². The summed E-state index contributed by atoms with van der Waals surface area (Å²) in [4.78, 5) is 19.9. The summed E-state index contributed by atoms with van der Waals surface area (Å²) in [7, 11) is 0. The summed E-state index contributed by atoms with van der Waals surface area (Å²) < 4.78 is 15.0. The predicted octanol–water partition coefficient (Wildman–Crippen LogP) is 3.55. The Hall–Kier alpha value is -3.85. The van der Waals surface area contributed by atoms with Crippen molar-refractivity contribution < 1.29 is 9.18 Å². The molecule has 0 spiro atoms. The predicted molar refractivity (Wildman–Crippen MR) is 111 cm³/mol. The Morgan fingerprint density at radius 2 is 2.10 bits per heavy atom. The molecule has 150 valence electrons. The van der Waals surface area contributed by atoms with Crippen molar-refractivity contribution in [2.24, 2.45) is 0 Å². The topological polar surface area (TPSA) is 97.6 Å². The van der Waals surface area contributed by atoms with Crippen LogP contribution in [0.15, 0.2) is 61.6 Å². The van der Waals surface area contributed by atoms with Gasteiger partial charge in [0.2, 0.25) is 5.91 Å². The van der Waals surface area contributed by atoms with E-state index in [1.165, 1.54) is 24.5 Å². The van der Waals surface area contributed by atoms with Crippen LogP contribution in [0.4, 0.5) is 15.9 Å². The fraction of sp³-hybridized carbons (Fsp3) is 0.0500. The maximum Gasteiger partial charge on any atom is 0.243 e. The molecule has 2 heterocycles. The molecule has 0 fully saturated rings. The number of halogens is 2. The minimum absolute atomic E-state index is 0.0118. The standard InChI is InChI=1S/C20H15ClFN7O/c1-2-19(30)23-9-13-10-29(28-27-13)14-4-6-18-15(8-14)20(25-11-24-18)26-12-3-5-17(22)16(21)7-12/h2-8,10-11H,1,9H2,(H,23,30)(H,24,25,26). The zero-order valence-corrected chi connectivity index (χ0v) is 16.3. The van der Waals surface area contributed by atoms with Gasteiger partial charge in [-0.2, -0.15) is 0 Å². The van der Waals surface area contributed by atoms with Gasteiger partial charge in [0.25, 0.3) is 0 Å². The van der Waals surface area contributed by atoms with Crippen molar-refractivity contribution in [2.45, 2.75) is 6.54 Å². The van der Waals surface area contributed by atoms with E-state index in [4.69, 9.17) is 11.6 Å². The fourth-order valence-corrected chi connectivity index (χ4v) is 2.93. The van der Waals surface area contributed by atoms with Crippen LogP contribution in [0.2, 0.25) is 5.02 Å². The van der Waals surface area contributed by atoms with E-state index in [0.717, 1.165) is 11.1 Å². The number of fused-ring (bicyclic) bond motifs is 1. The van der Waals surface area contributed by atoms with Crippen molar-refractivity contribution in [1.82, 2.24) is 30.3 Å². The molecule has 0 atom stereocenters. The Labute approximate surface area is 175 Å². The number of carbonyl (C=O) groups is 1. The van der Waals surface area contributed by atoms with E-state index in [-0.39, 0.29) is 17.5 Å². The second-order valence-electron chi connectivity index (χ2n) is 6.25. The molecule has 0 aliphatic rings. The van der Waals surface area contributed by atoms with E-state index < -0.39 is 5.82 Å². The lowest BCUT2D eigenvalue weighted by molar-refractivity contribution is -0.116. The molecule has 30 heavy (non-hydrogen) atoms. The molecule has 2 N–H and O–H groups in total. The van der Waals surface area contributed by atoms with Crippen molar-refractivity contribution in [1.29, 1.82) is 0 Å². The molecule has 4 rings (SSSR count). The molecule has 0 aliphatic carbocycles. The number of anilines is 2. The van der Waals surface area contributed by atoms with Crippen LogP contribution >= 0.6 is 11.6 Å². The molecule has 0 radical (unpaired) electrons. The highest BCUT2D eigenvalue weighted by Gasteiger charge is 2.10. The van der Waals surface area contributed by atoms with Gasteiger partial charge in [-0.25, -0.2) is 19.0 Å². The minimum atomic E-state index is -0.497. The number of rotatable bonds is 6. The molecule has 0 saturated carbocycles. The van der Waals surface area contributed by atoms with Gasteiger partial charge in [0.1, 0.15) is 23.7 Å². The number of aromatic nitrogens is 5. The maximum atomic E-state index is 13.4. The van der Waals surface area contributed by atoms with E-state index in [1.807, 2.05) is 18.2 Å². The van der Waals surface area contributed by atoms with Gasteiger partial charge in [0, 0.05) is 11.1 Å². The quantitative estimate of drug-likeness (QED) is 0.460. The number of hydrogen-bond acceptors (Lipinski definition) is 6. The summed E-state index contributed by atoms with van der Waals surface area (Å²) in [6.45, 7) is 3.64. The number of amides is 1. The van der Waals surface area contributed by atoms with Crippen LogP contribution in [0.1, 0.15) is 5.69 Å². The molecule has 2 aromatic carbocycles. The molecule has 0 saturated heterocycles. The highest BCUT2D eigenvalue weighted by atomic mass is 35.5. The first-order valence-electron chi connectivity index (χ1n) is 8.82. The largest absolute Gasteiger partial charge is 0.347 e. The smallest absolute Gasteiger partial charge is 0.243 e. The first kappa shape index (κ1) is 19.5. The summed E-state index contributed by atoms with van der Waals surface area (Å²) in [5, 5.41) is 14.7. The van der Waals surface area contributed by atoms with Crippen molar-refractivity contribution in [3.05, 3.63) is 78.1 Å². The van der Waals surface area contributed by atoms with Crippen LogP contribution in [-0.4, -0.2) is 30.9 Å². The van der Waals surface area contributed by atoms with Crippen molar-refractivity contribution >= 4 is 39.9 Å². The van der Waals surface area contributed by atoms with E-state index >= 15 is 0 Å². The zero-order valence-electron chi connectivity index (χ0n) is 15.5. The van der Waals surface area contributed by atoms with E-state index in [1.54, 1.807) is 16.9 Å². The van der Waals surface area contributed by atoms with Crippen LogP contribution in [0.25, 0.3) is 16.6 Å². The first-order chi connectivity index (χ1) is 14.5. The van der Waals surface area contributed by atoms with E-state index in [2.05, 4.69) is 37.5 Å². The summed E-state index contributed by atoms with van der Waals surface area (Å²) >= 11 is 5.86. The van der Waals surface area contributed by atoms with Gasteiger partial charge >= 0.3 is 0 Å². The second kappa shape index (κ2) is 8.26. The van der Waals surface area contributed by atoms with Crippen LogP contribution in [0, 0.1) is 5.82 Å². The average molecular weight is 424 g/mol. The lowest BCUT2D eigenvalue weighted by Gasteiger charge is -2.10. The number of hydrogen-bond donors (Lipinski definition) is 2. The van der Waals surface area contributed by atoms with Crippen LogP contribution in [-0.2, 0) is 11.3 Å². The van der Waals surface area contributed by atoms with Gasteiger partial charge in [0.15, 0.2) is 0 Å². The normalized spacial score (nSPS) is 10.7. The van der Waals surface area contributed by atoms with Crippen LogP contribution in [0.5, 0.6) is 0 Å². The molecule has 0 bridgehead atoms. The maximum absolute atomic E-state index is 13.4. The molecule has 4 aromatic rings. The summed E-state index contributed by atoms with van der Waals surface area (Å²) in [5.74, 6) is -0.254. The molecular weight excluding hydrogens is 409 g/mol. The van der Waals surface area contributed by atoms with E-state index in [9.17, 15) is 9.18 Å². The van der Waals surface area contributed by atoms with Crippen LogP contribution in [0.3, 0.4) is 0 Å². The highest BCUT2D eigenvalue weighted by molar-refractivity contribution is 6.31. The number of carbonyl (C=O) groups excluding carboxylic acids is 1. The highest BCUT2D eigenvalue weighted by Crippen LogP contribution is 2.27. The average Bonchev–Trinajstić information content (AvgIpc) is 3.23. The lowest BCUT2D eigenvalue weighted by Crippen LogP contribution is -2.20. The Morgan fingerprint density at radius 3 is 2.90 bits per heavy atom. The Morgan fingerprint density at radius 1 is 1.23 bits per heavy atom. The molecule has 8 nitrogen and oxygen atoms in total. The number of benzene rings is 2. The Kier molecular flexibility index (Phi) is 5.36. The second-order valence-corrected chi connectivity index (χ2v) is 6.66. The minimum Gasteiger partial charge on any atom is -0.347 e. The summed E-state index contributed by atoms with van der Waals surface area (Å²) in [5.41, 5.74) is 2.62. The summed E-state index contributed by atoms with van der Waals surface area (Å²) in [6, 6.07) is 9.85. The van der Waals surface area contributed by atoms with Gasteiger partial charge in [-0.15, -0.1) is 5.10 Å². The SMILES string of the molecule is C=CC(=O)NCc1cn(-c2ccc3ncnc(Nc4ccc(F)c(Cl)c4)c3c2)nn1. The molecule has 0 unspecified atom stereocenters. The monoisotopic (exact) mass is 423 g/mol. The first-order valence-corrected chi connectivity index (χ1v) is 9.20. The van der Waals surface area contributed by atoms with Gasteiger partial charge < -0.3 is 10.6 Å². The van der Waals surface area contributed by atoms with Crippen molar-refractivity contribution in [2.75, 3.05) is 5.32 Å². The number of nitrogens with one attached hydrogen (secondary N) is 2. The third-order valence-electron chi connectivity index (χ3n) is 4.24. The zero-order chi connectivity index (χ0) is 21.1. The fourth-order valence-electron chi connectivity index (χ4n) is 2.75.